The number of hydrogen-bond donors (Lipinski definition) is 0. The number of halogens is 2. The normalized spacial score (nSPS) is 23.8. The third-order valence-electron chi connectivity index (χ3n) is 4.58. The molecule has 2 aliphatic rings. The van der Waals surface area contributed by atoms with Crippen LogP contribution in [0.25, 0.3) is 0 Å². The Bertz CT molecular complexity index is 893. The Labute approximate surface area is 149 Å². The highest BCUT2D eigenvalue weighted by atomic mass is 32.2. The molecule has 10 heteroatoms. The van der Waals surface area contributed by atoms with Crippen molar-refractivity contribution in [2.75, 3.05) is 31.1 Å². The number of ether oxygens (including phenoxy) is 1. The van der Waals surface area contributed by atoms with Crippen molar-refractivity contribution in [2.45, 2.75) is 17.0 Å². The molecule has 2 fully saturated rings. The molecular weight excluding hydrogens is 366 g/mol. The van der Waals surface area contributed by atoms with Crippen LogP contribution in [0.5, 0.6) is 0 Å². The van der Waals surface area contributed by atoms with Gasteiger partial charge >= 0.3 is 0 Å². The lowest BCUT2D eigenvalue weighted by atomic mass is 10.1. The first-order valence-corrected chi connectivity index (χ1v) is 9.51. The van der Waals surface area contributed by atoms with Crippen LogP contribution in [0.3, 0.4) is 0 Å². The lowest BCUT2D eigenvalue weighted by molar-refractivity contribution is 0.0325. The van der Waals surface area contributed by atoms with Crippen LogP contribution in [0, 0.1) is 11.6 Å². The van der Waals surface area contributed by atoms with Crippen molar-refractivity contribution in [1.29, 1.82) is 0 Å². The second-order valence-electron chi connectivity index (χ2n) is 6.15. The van der Waals surface area contributed by atoms with E-state index in [1.807, 2.05) is 4.90 Å². The summed E-state index contributed by atoms with van der Waals surface area (Å²) in [5, 5.41) is 0. The highest BCUT2D eigenvalue weighted by Crippen LogP contribution is 2.29. The molecule has 7 nitrogen and oxygen atoms in total. The monoisotopic (exact) mass is 382 g/mol. The Hall–Kier alpha value is -2.17. The zero-order chi connectivity index (χ0) is 18.3. The number of aromatic nitrogens is 2. The molecule has 2 aromatic rings. The summed E-state index contributed by atoms with van der Waals surface area (Å²) in [6.45, 7) is 1.25. The van der Waals surface area contributed by atoms with E-state index < -0.39 is 21.7 Å². The van der Waals surface area contributed by atoms with E-state index in [4.69, 9.17) is 4.74 Å². The third-order valence-corrected chi connectivity index (χ3v) is 6.43. The topological polar surface area (TPSA) is 75.6 Å². The zero-order valence-corrected chi connectivity index (χ0v) is 14.4. The summed E-state index contributed by atoms with van der Waals surface area (Å²) in [4.78, 5) is 9.85. The molecule has 2 saturated heterocycles. The summed E-state index contributed by atoms with van der Waals surface area (Å²) >= 11 is 0. The number of fused-ring (bicyclic) bond motifs is 1. The number of benzene rings is 1. The number of hydrogen-bond acceptors (Lipinski definition) is 6. The van der Waals surface area contributed by atoms with Crippen LogP contribution in [0.4, 0.5) is 14.7 Å². The van der Waals surface area contributed by atoms with E-state index in [-0.39, 0.29) is 30.1 Å². The quantitative estimate of drug-likeness (QED) is 0.790. The fourth-order valence-electron chi connectivity index (χ4n) is 3.31. The second-order valence-corrected chi connectivity index (χ2v) is 8.09. The molecule has 26 heavy (non-hydrogen) atoms. The van der Waals surface area contributed by atoms with Crippen LogP contribution in [-0.4, -0.2) is 61.1 Å². The number of sulfonamides is 1. The standard InChI is InChI=1S/C16H16F2N4O3S/c17-11-1-3-13(4-2-11)26(23,24)21-9-14-15(10-21)25-6-5-22(14)16-19-7-12(18)8-20-16/h1-4,7-8,14-15H,5-6,9-10H2/t14-,15-/m0/s1. The van der Waals surface area contributed by atoms with Crippen molar-refractivity contribution in [3.63, 3.8) is 0 Å². The molecule has 0 spiro atoms. The molecule has 0 N–H and O–H groups in total. The summed E-state index contributed by atoms with van der Waals surface area (Å²) < 4.78 is 58.8. The van der Waals surface area contributed by atoms with Gasteiger partial charge in [-0.05, 0) is 24.3 Å². The summed E-state index contributed by atoms with van der Waals surface area (Å²) in [6.07, 6.45) is 1.82. The van der Waals surface area contributed by atoms with Crippen LogP contribution >= 0.6 is 0 Å². The highest BCUT2D eigenvalue weighted by Gasteiger charge is 2.45. The minimum Gasteiger partial charge on any atom is -0.373 e. The van der Waals surface area contributed by atoms with Crippen molar-refractivity contribution in [3.05, 3.63) is 48.3 Å². The molecular formula is C16H16F2N4O3S. The van der Waals surface area contributed by atoms with Crippen LogP contribution in [0.1, 0.15) is 0 Å². The smallest absolute Gasteiger partial charge is 0.243 e. The van der Waals surface area contributed by atoms with Gasteiger partial charge in [0.05, 0.1) is 36.0 Å². The molecule has 2 aliphatic heterocycles. The molecule has 0 saturated carbocycles. The first kappa shape index (κ1) is 17.3. The maximum atomic E-state index is 13.1. The number of nitrogens with zero attached hydrogens (tertiary/aromatic N) is 4. The molecule has 2 atom stereocenters. The average molecular weight is 382 g/mol. The highest BCUT2D eigenvalue weighted by molar-refractivity contribution is 7.89. The van der Waals surface area contributed by atoms with Gasteiger partial charge in [-0.15, -0.1) is 0 Å². The molecule has 1 aromatic heterocycles. The van der Waals surface area contributed by atoms with Gasteiger partial charge in [0.2, 0.25) is 16.0 Å². The molecule has 0 aliphatic carbocycles. The Morgan fingerprint density at radius 2 is 1.73 bits per heavy atom. The van der Waals surface area contributed by atoms with Crippen molar-refractivity contribution in [2.24, 2.45) is 0 Å². The summed E-state index contributed by atoms with van der Waals surface area (Å²) in [5.41, 5.74) is 0. The zero-order valence-electron chi connectivity index (χ0n) is 13.6. The van der Waals surface area contributed by atoms with Crippen LogP contribution in [-0.2, 0) is 14.8 Å². The van der Waals surface area contributed by atoms with Crippen molar-refractivity contribution >= 4 is 16.0 Å². The van der Waals surface area contributed by atoms with Gasteiger partial charge in [0.25, 0.3) is 0 Å². The fourth-order valence-corrected chi connectivity index (χ4v) is 4.78. The first-order valence-electron chi connectivity index (χ1n) is 8.07. The van der Waals surface area contributed by atoms with E-state index in [2.05, 4.69) is 9.97 Å². The fraction of sp³-hybridized carbons (Fsp3) is 0.375. The minimum atomic E-state index is -3.77. The van der Waals surface area contributed by atoms with Crippen molar-refractivity contribution in [3.8, 4) is 0 Å². The van der Waals surface area contributed by atoms with Gasteiger partial charge in [0.1, 0.15) is 5.82 Å². The van der Waals surface area contributed by atoms with Gasteiger partial charge in [-0.1, -0.05) is 0 Å². The maximum absolute atomic E-state index is 13.1. The van der Waals surface area contributed by atoms with Gasteiger partial charge in [-0.3, -0.25) is 0 Å². The number of rotatable bonds is 3. The van der Waals surface area contributed by atoms with E-state index in [1.165, 1.54) is 16.4 Å². The Balaban J connectivity index is 1.59. The Morgan fingerprint density at radius 3 is 2.42 bits per heavy atom. The molecule has 4 rings (SSSR count). The minimum absolute atomic E-state index is 0.0297. The maximum Gasteiger partial charge on any atom is 0.243 e. The summed E-state index contributed by atoms with van der Waals surface area (Å²) in [7, 11) is -3.77. The van der Waals surface area contributed by atoms with Crippen LogP contribution in [0.15, 0.2) is 41.6 Å². The van der Waals surface area contributed by atoms with Gasteiger partial charge in [0, 0.05) is 19.6 Å². The Morgan fingerprint density at radius 1 is 1.04 bits per heavy atom. The van der Waals surface area contributed by atoms with Crippen molar-refractivity contribution < 1.29 is 21.9 Å². The molecule has 1 aromatic carbocycles. The Kier molecular flexibility index (Phi) is 4.33. The third kappa shape index (κ3) is 3.04. The van der Waals surface area contributed by atoms with E-state index >= 15 is 0 Å². The molecule has 0 amide bonds. The van der Waals surface area contributed by atoms with E-state index in [1.54, 1.807) is 0 Å². The second kappa shape index (κ2) is 6.53. The van der Waals surface area contributed by atoms with Gasteiger partial charge in [0.15, 0.2) is 5.82 Å². The number of morpholine rings is 1. The largest absolute Gasteiger partial charge is 0.373 e. The molecule has 0 bridgehead atoms. The van der Waals surface area contributed by atoms with Crippen LogP contribution in [0.2, 0.25) is 0 Å². The van der Waals surface area contributed by atoms with E-state index in [0.717, 1.165) is 24.5 Å². The van der Waals surface area contributed by atoms with Gasteiger partial charge in [-0.25, -0.2) is 27.2 Å². The summed E-state index contributed by atoms with van der Waals surface area (Å²) in [5.74, 6) is -0.696. The van der Waals surface area contributed by atoms with Crippen LogP contribution < -0.4 is 4.90 Å². The molecule has 3 heterocycles. The predicted molar refractivity (Wildman–Crippen MR) is 88.0 cm³/mol. The average Bonchev–Trinajstić information content (AvgIpc) is 3.08. The SMILES string of the molecule is O=S(=O)(c1ccc(F)cc1)N1C[C@@H]2OCCN(c3ncc(F)cn3)[C@H]2C1. The van der Waals surface area contributed by atoms with Gasteiger partial charge < -0.3 is 9.64 Å². The molecule has 0 radical (unpaired) electrons. The molecule has 0 unspecified atom stereocenters. The molecule has 138 valence electrons. The predicted octanol–water partition coefficient (Wildman–Crippen LogP) is 1.03. The van der Waals surface area contributed by atoms with E-state index in [0.29, 0.717) is 19.1 Å². The number of anilines is 1. The summed E-state index contributed by atoms with van der Waals surface area (Å²) in [6, 6.07) is 4.45. The van der Waals surface area contributed by atoms with Crippen molar-refractivity contribution in [1.82, 2.24) is 14.3 Å². The lowest BCUT2D eigenvalue weighted by Gasteiger charge is -2.36. The van der Waals surface area contributed by atoms with Gasteiger partial charge in [-0.2, -0.15) is 4.31 Å². The van der Waals surface area contributed by atoms with E-state index in [9.17, 15) is 17.2 Å². The lowest BCUT2D eigenvalue weighted by Crippen LogP contribution is -2.51. The first-order chi connectivity index (χ1) is 12.4.